The van der Waals surface area contributed by atoms with Crippen molar-refractivity contribution < 1.29 is 14.5 Å². The lowest BCUT2D eigenvalue weighted by molar-refractivity contribution is -0.384. The highest BCUT2D eigenvalue weighted by Gasteiger charge is 2.30. The summed E-state index contributed by atoms with van der Waals surface area (Å²) in [6.45, 7) is 2.84. The molecule has 1 unspecified atom stereocenters. The SMILES string of the molecule is CCCNC(=O)C(Cc1ccccc1)N(Cc1ccc(Br)cc1)C(=O)CSCc1ccc([N+](=O)[O-])cc1. The first-order valence-electron chi connectivity index (χ1n) is 12.0. The van der Waals surface area contributed by atoms with E-state index in [1.807, 2.05) is 61.5 Å². The monoisotopic (exact) mass is 583 g/mol. The summed E-state index contributed by atoms with van der Waals surface area (Å²) in [4.78, 5) is 39.0. The molecular formula is C28H30BrN3O4S. The maximum absolute atomic E-state index is 13.6. The summed E-state index contributed by atoms with van der Waals surface area (Å²) in [7, 11) is 0. The highest BCUT2D eigenvalue weighted by atomic mass is 79.9. The third kappa shape index (κ3) is 9.02. The van der Waals surface area contributed by atoms with Gasteiger partial charge in [0.25, 0.3) is 5.69 Å². The molecule has 0 radical (unpaired) electrons. The normalized spacial score (nSPS) is 11.5. The van der Waals surface area contributed by atoms with Crippen LogP contribution in [-0.2, 0) is 28.3 Å². The topological polar surface area (TPSA) is 92.6 Å². The zero-order chi connectivity index (χ0) is 26.6. The summed E-state index contributed by atoms with van der Waals surface area (Å²) in [6, 6.07) is 23.1. The van der Waals surface area contributed by atoms with E-state index >= 15 is 0 Å². The predicted molar refractivity (Wildman–Crippen MR) is 151 cm³/mol. The molecule has 0 aliphatic rings. The van der Waals surface area contributed by atoms with Gasteiger partial charge in [-0.15, -0.1) is 11.8 Å². The molecule has 0 heterocycles. The lowest BCUT2D eigenvalue weighted by Gasteiger charge is -2.31. The van der Waals surface area contributed by atoms with Crippen LogP contribution < -0.4 is 5.32 Å². The second kappa shape index (κ2) is 14.5. The van der Waals surface area contributed by atoms with Gasteiger partial charge in [-0.05, 0) is 35.2 Å². The van der Waals surface area contributed by atoms with Gasteiger partial charge in [0.05, 0.1) is 10.7 Å². The van der Waals surface area contributed by atoms with Gasteiger partial charge in [0.1, 0.15) is 6.04 Å². The van der Waals surface area contributed by atoms with Crippen LogP contribution in [0.4, 0.5) is 5.69 Å². The van der Waals surface area contributed by atoms with Crippen LogP contribution in [0.25, 0.3) is 0 Å². The Morgan fingerprint density at radius 3 is 2.24 bits per heavy atom. The summed E-state index contributed by atoms with van der Waals surface area (Å²) < 4.78 is 0.939. The molecule has 3 aromatic carbocycles. The third-order valence-electron chi connectivity index (χ3n) is 5.73. The van der Waals surface area contributed by atoms with Gasteiger partial charge in [0.2, 0.25) is 11.8 Å². The van der Waals surface area contributed by atoms with Crippen LogP contribution in [0.1, 0.15) is 30.0 Å². The zero-order valence-electron chi connectivity index (χ0n) is 20.6. The highest BCUT2D eigenvalue weighted by molar-refractivity contribution is 9.10. The highest BCUT2D eigenvalue weighted by Crippen LogP contribution is 2.21. The Morgan fingerprint density at radius 1 is 0.973 bits per heavy atom. The van der Waals surface area contributed by atoms with Crippen molar-refractivity contribution in [2.24, 2.45) is 0 Å². The molecule has 7 nitrogen and oxygen atoms in total. The van der Waals surface area contributed by atoms with E-state index in [1.165, 1.54) is 23.9 Å². The van der Waals surface area contributed by atoms with Crippen LogP contribution in [0.15, 0.2) is 83.3 Å². The van der Waals surface area contributed by atoms with E-state index in [0.717, 1.165) is 27.6 Å². The van der Waals surface area contributed by atoms with Gasteiger partial charge in [-0.1, -0.05) is 77.5 Å². The minimum Gasteiger partial charge on any atom is -0.354 e. The zero-order valence-corrected chi connectivity index (χ0v) is 23.0. The number of hydrogen-bond donors (Lipinski definition) is 1. The standard InChI is InChI=1S/C28H30BrN3O4S/c1-2-16-30-28(34)26(17-21-6-4-3-5-7-21)31(18-22-8-12-24(29)13-9-22)27(33)20-37-19-23-10-14-25(15-11-23)32(35)36/h3-15,26H,2,16-20H2,1H3,(H,30,34). The molecule has 3 rings (SSSR count). The molecule has 0 aliphatic heterocycles. The smallest absolute Gasteiger partial charge is 0.269 e. The first kappa shape index (κ1) is 28.4. The molecule has 0 aromatic heterocycles. The fourth-order valence-corrected chi connectivity index (χ4v) is 4.89. The number of carbonyl (C=O) groups excluding carboxylic acids is 2. The first-order chi connectivity index (χ1) is 17.9. The van der Waals surface area contributed by atoms with Crippen molar-refractivity contribution in [1.82, 2.24) is 10.2 Å². The molecule has 2 amide bonds. The molecule has 0 bridgehead atoms. The van der Waals surface area contributed by atoms with Crippen LogP contribution in [0, 0.1) is 10.1 Å². The summed E-state index contributed by atoms with van der Waals surface area (Å²) in [6.07, 6.45) is 1.21. The largest absolute Gasteiger partial charge is 0.354 e. The number of nitrogens with one attached hydrogen (secondary N) is 1. The molecule has 37 heavy (non-hydrogen) atoms. The van der Waals surface area contributed by atoms with Gasteiger partial charge < -0.3 is 10.2 Å². The second-order valence-electron chi connectivity index (χ2n) is 8.56. The molecule has 0 saturated carbocycles. The van der Waals surface area contributed by atoms with E-state index in [-0.39, 0.29) is 23.3 Å². The van der Waals surface area contributed by atoms with Gasteiger partial charge in [-0.3, -0.25) is 19.7 Å². The quantitative estimate of drug-likeness (QED) is 0.204. The van der Waals surface area contributed by atoms with Crippen LogP contribution in [-0.4, -0.2) is 40.0 Å². The van der Waals surface area contributed by atoms with Gasteiger partial charge in [0.15, 0.2) is 0 Å². The Morgan fingerprint density at radius 2 is 1.62 bits per heavy atom. The number of thioether (sulfide) groups is 1. The van der Waals surface area contributed by atoms with Gasteiger partial charge in [-0.2, -0.15) is 0 Å². The van der Waals surface area contributed by atoms with E-state index < -0.39 is 11.0 Å². The van der Waals surface area contributed by atoms with Crippen LogP contribution in [0.2, 0.25) is 0 Å². The van der Waals surface area contributed by atoms with Crippen LogP contribution >= 0.6 is 27.7 Å². The van der Waals surface area contributed by atoms with Crippen LogP contribution in [0.5, 0.6) is 0 Å². The third-order valence-corrected chi connectivity index (χ3v) is 7.25. The van der Waals surface area contributed by atoms with E-state index in [4.69, 9.17) is 0 Å². The maximum atomic E-state index is 13.6. The number of amides is 2. The average molecular weight is 585 g/mol. The Kier molecular flexibility index (Phi) is 11.2. The van der Waals surface area contributed by atoms with E-state index in [2.05, 4.69) is 21.2 Å². The summed E-state index contributed by atoms with van der Waals surface area (Å²) in [5.74, 6) is 0.403. The van der Waals surface area contributed by atoms with Crippen LogP contribution in [0.3, 0.4) is 0 Å². The second-order valence-corrected chi connectivity index (χ2v) is 10.5. The van der Waals surface area contributed by atoms with Crippen molar-refractivity contribution in [3.8, 4) is 0 Å². The van der Waals surface area contributed by atoms with Crippen molar-refractivity contribution in [3.63, 3.8) is 0 Å². The van der Waals surface area contributed by atoms with E-state index in [9.17, 15) is 19.7 Å². The fourth-order valence-electron chi connectivity index (χ4n) is 3.76. The van der Waals surface area contributed by atoms with Gasteiger partial charge in [0, 0.05) is 41.9 Å². The molecule has 1 N–H and O–H groups in total. The lowest BCUT2D eigenvalue weighted by Crippen LogP contribution is -2.51. The maximum Gasteiger partial charge on any atom is 0.269 e. The van der Waals surface area contributed by atoms with Gasteiger partial charge in [-0.25, -0.2) is 0 Å². The van der Waals surface area contributed by atoms with Crippen molar-refractivity contribution in [2.75, 3.05) is 12.3 Å². The fraction of sp³-hybridized carbons (Fsp3) is 0.286. The first-order valence-corrected chi connectivity index (χ1v) is 14.0. The molecular weight excluding hydrogens is 554 g/mol. The number of hydrogen-bond acceptors (Lipinski definition) is 5. The molecule has 9 heteroatoms. The lowest BCUT2D eigenvalue weighted by atomic mass is 10.0. The van der Waals surface area contributed by atoms with Crippen molar-refractivity contribution in [3.05, 3.63) is 110 Å². The van der Waals surface area contributed by atoms with Crippen molar-refractivity contribution in [1.29, 1.82) is 0 Å². The van der Waals surface area contributed by atoms with Gasteiger partial charge >= 0.3 is 0 Å². The van der Waals surface area contributed by atoms with E-state index in [1.54, 1.807) is 17.0 Å². The average Bonchev–Trinajstić information content (AvgIpc) is 2.91. The van der Waals surface area contributed by atoms with Crippen molar-refractivity contribution >= 4 is 45.2 Å². The Hall–Kier alpha value is -3.17. The number of benzene rings is 3. The molecule has 3 aromatic rings. The molecule has 1 atom stereocenters. The number of nitro benzene ring substituents is 1. The number of rotatable bonds is 13. The molecule has 194 valence electrons. The molecule has 0 fully saturated rings. The number of nitro groups is 1. The molecule has 0 aliphatic carbocycles. The Balaban J connectivity index is 1.80. The number of nitrogens with zero attached hydrogens (tertiary/aromatic N) is 2. The Labute approximate surface area is 229 Å². The predicted octanol–water partition coefficient (Wildman–Crippen LogP) is 5.76. The molecule has 0 spiro atoms. The summed E-state index contributed by atoms with van der Waals surface area (Å²) >= 11 is 4.87. The minimum absolute atomic E-state index is 0.0346. The minimum atomic E-state index is -0.662. The Bertz CT molecular complexity index is 1170. The number of non-ortho nitro benzene ring substituents is 1. The molecule has 0 saturated heterocycles. The summed E-state index contributed by atoms with van der Waals surface area (Å²) in [5.41, 5.74) is 2.83. The van der Waals surface area contributed by atoms with E-state index in [0.29, 0.717) is 25.3 Å². The summed E-state index contributed by atoms with van der Waals surface area (Å²) in [5, 5.41) is 13.9. The number of halogens is 1. The van der Waals surface area contributed by atoms with Crippen molar-refractivity contribution in [2.45, 2.75) is 38.1 Å². The number of carbonyl (C=O) groups is 2.